The van der Waals surface area contributed by atoms with Gasteiger partial charge >= 0.3 is 0 Å². The van der Waals surface area contributed by atoms with E-state index in [4.69, 9.17) is 0 Å². The summed E-state index contributed by atoms with van der Waals surface area (Å²) in [7, 11) is 0. The van der Waals surface area contributed by atoms with Crippen LogP contribution in [0.1, 0.15) is 0 Å². The molecule has 2 nitrogen and oxygen atoms in total. The maximum Gasteiger partial charge on any atom is 0.0535 e. The first-order valence-corrected chi connectivity index (χ1v) is 45.4. The maximum absolute atomic E-state index is 2.38. The first-order valence-electron chi connectivity index (χ1n) is 43.8. The minimum Gasteiger partial charge on any atom is -0.316 e. The number of aromatic nitrogens is 2. The molecule has 0 aliphatic heterocycles. The molecule has 128 heavy (non-hydrogen) atoms. The third-order valence-electron chi connectivity index (χ3n) is 25.4. The number of fused-ring (bicyclic) bond motifs is 8. The fraction of sp³-hybridized carbons (Fsp3) is 0. The van der Waals surface area contributed by atoms with Crippen molar-refractivity contribution in [2.24, 2.45) is 0 Å². The predicted octanol–water partition coefficient (Wildman–Crippen LogP) is 35.3. The lowest BCUT2D eigenvalue weighted by Crippen LogP contribution is -1.92. The molecule has 20 aromatic carbocycles. The Morgan fingerprint density at radius 1 is 0.133 bits per heavy atom. The molecule has 4 heteroatoms. The molecule has 0 N–H and O–H groups in total. The van der Waals surface area contributed by atoms with Crippen molar-refractivity contribution < 1.29 is 0 Å². The Balaban J connectivity index is 0.000000149. The minimum absolute atomic E-state index is 1.13. The number of rotatable bonds is 16. The van der Waals surface area contributed by atoms with E-state index in [9.17, 15) is 0 Å². The Bertz CT molecular complexity index is 8140. The molecule has 0 aliphatic rings. The first-order chi connectivity index (χ1) is 63.4. The maximum atomic E-state index is 2.38. The fourth-order valence-electron chi connectivity index (χ4n) is 18.6. The van der Waals surface area contributed by atoms with Crippen LogP contribution in [0.25, 0.3) is 229 Å². The van der Waals surface area contributed by atoms with Crippen LogP contribution in [0.2, 0.25) is 0 Å². The molecule has 0 bridgehead atoms. The molecule has 24 aromatic rings. The van der Waals surface area contributed by atoms with Crippen LogP contribution in [-0.2, 0) is 0 Å². The van der Waals surface area contributed by atoms with Crippen molar-refractivity contribution in [1.82, 2.24) is 9.13 Å². The van der Waals surface area contributed by atoms with Gasteiger partial charge in [0.05, 0.1) is 11.0 Å². The van der Waals surface area contributed by atoms with Crippen LogP contribution in [0.15, 0.2) is 498 Å². The molecular weight excluding hydrogens is 1580 g/mol. The van der Waals surface area contributed by atoms with Crippen molar-refractivity contribution in [3.8, 4) is 167 Å². The Morgan fingerprint density at radius 2 is 0.344 bits per heavy atom. The molecule has 0 saturated heterocycles. The number of hydrogen-bond donors (Lipinski definition) is 0. The summed E-state index contributed by atoms with van der Waals surface area (Å²) in [5, 5.41) is 7.68. The largest absolute Gasteiger partial charge is 0.316 e. The molecule has 0 spiro atoms. The zero-order valence-electron chi connectivity index (χ0n) is 70.1. The van der Waals surface area contributed by atoms with E-state index >= 15 is 0 Å². The van der Waals surface area contributed by atoms with Crippen LogP contribution in [0.5, 0.6) is 0 Å². The molecule has 0 atom stereocenters. The van der Waals surface area contributed by atoms with Crippen molar-refractivity contribution >= 4 is 84.8 Å². The summed E-state index contributed by atoms with van der Waals surface area (Å²) < 4.78 is 10.00. The van der Waals surface area contributed by atoms with Gasteiger partial charge in [0.15, 0.2) is 0 Å². The van der Waals surface area contributed by atoms with Gasteiger partial charge in [-0.3, -0.25) is 0 Å². The number of nitrogens with zero attached hydrogens (tertiary/aromatic N) is 2. The molecule has 4 heterocycles. The smallest absolute Gasteiger partial charge is 0.0535 e. The minimum atomic E-state index is 1.13. The summed E-state index contributed by atoms with van der Waals surface area (Å²) in [6, 6.07) is 177. The predicted molar refractivity (Wildman–Crippen MR) is 548 cm³/mol. The van der Waals surface area contributed by atoms with Crippen molar-refractivity contribution in [2.45, 2.75) is 0 Å². The van der Waals surface area contributed by atoms with Gasteiger partial charge in [0.25, 0.3) is 0 Å². The van der Waals surface area contributed by atoms with Crippen LogP contribution < -0.4 is 0 Å². The van der Waals surface area contributed by atoms with E-state index in [1.165, 1.54) is 218 Å². The van der Waals surface area contributed by atoms with Gasteiger partial charge in [0.1, 0.15) is 0 Å². The van der Waals surface area contributed by atoms with Crippen molar-refractivity contribution in [2.75, 3.05) is 0 Å². The molecule has 4 aromatic heterocycles. The zero-order valence-corrected chi connectivity index (χ0v) is 71.7. The van der Waals surface area contributed by atoms with E-state index in [1.54, 1.807) is 0 Å². The zero-order chi connectivity index (χ0) is 84.8. The molecule has 0 aliphatic carbocycles. The monoisotopic (exact) mass is 1660 g/mol. The molecule has 0 amide bonds. The second-order valence-electron chi connectivity index (χ2n) is 33.0. The molecule has 0 unspecified atom stereocenters. The highest BCUT2D eigenvalue weighted by Gasteiger charge is 2.21. The Labute approximate surface area is 753 Å². The molecule has 0 radical (unpaired) electrons. The van der Waals surface area contributed by atoms with E-state index in [-0.39, 0.29) is 0 Å². The third kappa shape index (κ3) is 14.9. The second kappa shape index (κ2) is 33.5. The average Bonchev–Trinajstić information content (AvgIpc) is 1.81. The lowest BCUT2D eigenvalue weighted by molar-refractivity contribution is 1.13. The van der Waals surface area contributed by atoms with Crippen LogP contribution in [0, 0.1) is 0 Å². The normalized spacial score (nSPS) is 11.4. The first kappa shape index (κ1) is 76.8. The third-order valence-corrected chi connectivity index (χ3v) is 27.9. The van der Waals surface area contributed by atoms with Gasteiger partial charge in [0.2, 0.25) is 0 Å². The Morgan fingerprint density at radius 3 is 0.648 bits per heavy atom. The highest BCUT2D eigenvalue weighted by atomic mass is 32.1. The number of benzene rings is 20. The summed E-state index contributed by atoms with van der Waals surface area (Å²) >= 11 is 3.77. The fourth-order valence-corrected chi connectivity index (χ4v) is 21.0. The van der Waals surface area contributed by atoms with Crippen LogP contribution in [-0.4, -0.2) is 9.13 Å². The summed E-state index contributed by atoms with van der Waals surface area (Å²) in [6.07, 6.45) is 4.64. The summed E-state index contributed by atoms with van der Waals surface area (Å²) in [6.45, 7) is 0. The van der Waals surface area contributed by atoms with Crippen LogP contribution in [0.4, 0.5) is 0 Å². The van der Waals surface area contributed by atoms with Crippen LogP contribution >= 0.6 is 22.7 Å². The van der Waals surface area contributed by atoms with E-state index < -0.39 is 0 Å². The van der Waals surface area contributed by atoms with Crippen molar-refractivity contribution in [3.63, 3.8) is 0 Å². The van der Waals surface area contributed by atoms with Gasteiger partial charge in [-0.15, -0.1) is 22.7 Å². The standard InChI is InChI=1S/C68H45NS.C56H37NS/c1-4-12-46(13-5-1)48-22-26-50(27-23-48)52-30-32-54(33-31-52)58-40-43-66-64(44-58)65(57-36-34-53(35-37-57)51-28-24-49(25-29-51)47-14-6-2-7-15-47)45-69(66)59-41-38-56(39-42-59)61-19-11-21-63-62-20-10-18-60(67(62)70-68(61)63)55-16-8-3-9-17-55;1-4-10-38(11-5-1)41-16-18-43(19-17-41)46-26-31-54-50(34-46)53(45-22-20-42(21-23-45)39-12-6-2-7-13-39)37-57(54)49-29-24-44(25-30-49)48-28-33-56-52(36-48)51-35-47(27-32-55(51)58-56)40-14-8-3-9-15-40/h1-45H;1-37H. The highest BCUT2D eigenvalue weighted by molar-refractivity contribution is 7.27. The Hall–Kier alpha value is -16.1. The van der Waals surface area contributed by atoms with Gasteiger partial charge in [-0.2, -0.15) is 0 Å². The molecular formula is C124H82N2S2. The highest BCUT2D eigenvalue weighted by Crippen LogP contribution is 2.47. The summed E-state index contributed by atoms with van der Waals surface area (Å²) in [5.41, 5.74) is 38.7. The van der Waals surface area contributed by atoms with Gasteiger partial charge < -0.3 is 9.13 Å². The van der Waals surface area contributed by atoms with E-state index in [0.29, 0.717) is 0 Å². The lowest BCUT2D eigenvalue weighted by atomic mass is 9.96. The van der Waals surface area contributed by atoms with Crippen molar-refractivity contribution in [1.29, 1.82) is 0 Å². The Kier molecular flexibility index (Phi) is 20.1. The van der Waals surface area contributed by atoms with E-state index in [0.717, 1.165) is 11.4 Å². The van der Waals surface area contributed by atoms with Crippen LogP contribution in [0.3, 0.4) is 0 Å². The van der Waals surface area contributed by atoms with Gasteiger partial charge in [-0.25, -0.2) is 0 Å². The van der Waals surface area contributed by atoms with E-state index in [2.05, 4.69) is 507 Å². The molecule has 24 rings (SSSR count). The quantitative estimate of drug-likeness (QED) is 0.0912. The lowest BCUT2D eigenvalue weighted by Gasteiger charge is -2.10. The number of thiophene rings is 2. The van der Waals surface area contributed by atoms with Gasteiger partial charge in [-0.1, -0.05) is 413 Å². The SMILES string of the molecule is c1ccc(-c2ccc(-c3ccc(-c4ccc5c(c4)c(-c4ccc(-c6ccc(-c7ccccc7)cc6)cc4)cn5-c4ccc(-c5cccc6c5sc5c(-c7ccccc7)cccc56)cc4)cc3)cc2)cc1.c1ccc(-c2ccc(-c3ccc4c(c3)c(-c3ccc(-c5ccccc5)cc3)cn4-c3ccc(-c4ccc5sc6ccc(-c7ccccc7)cc6c5c4)cc3)cc2)cc1. The van der Waals surface area contributed by atoms with Gasteiger partial charge in [-0.05, 0) is 217 Å². The van der Waals surface area contributed by atoms with Gasteiger partial charge in [0, 0.05) is 86.0 Å². The second-order valence-corrected chi connectivity index (χ2v) is 35.1. The average molecular weight is 1660 g/mol. The molecule has 0 saturated carbocycles. The summed E-state index contributed by atoms with van der Waals surface area (Å²) in [5.74, 6) is 0. The summed E-state index contributed by atoms with van der Waals surface area (Å²) in [4.78, 5) is 0. The van der Waals surface area contributed by atoms with Crippen molar-refractivity contribution in [3.05, 3.63) is 498 Å². The molecule has 600 valence electrons. The molecule has 0 fully saturated rings. The van der Waals surface area contributed by atoms with E-state index in [1.807, 2.05) is 22.7 Å². The number of hydrogen-bond acceptors (Lipinski definition) is 2. The topological polar surface area (TPSA) is 9.86 Å².